The molecule has 4 heterocycles. The quantitative estimate of drug-likeness (QED) is 0.735. The number of piperidine rings is 1. The third-order valence-electron chi connectivity index (χ3n) is 4.92. The Morgan fingerprint density at radius 3 is 2.84 bits per heavy atom. The van der Waals surface area contributed by atoms with Gasteiger partial charge in [-0.05, 0) is 45.7 Å². The summed E-state index contributed by atoms with van der Waals surface area (Å²) in [5.41, 5.74) is 2.56. The van der Waals surface area contributed by atoms with E-state index in [1.165, 1.54) is 0 Å². The highest BCUT2D eigenvalue weighted by Gasteiger charge is 2.21. The van der Waals surface area contributed by atoms with Crippen LogP contribution in [0.3, 0.4) is 0 Å². The molecule has 0 spiro atoms. The summed E-state index contributed by atoms with van der Waals surface area (Å²) in [6.45, 7) is 7.80. The van der Waals surface area contributed by atoms with Crippen LogP contribution in [-0.2, 0) is 6.54 Å². The lowest BCUT2D eigenvalue weighted by Crippen LogP contribution is -2.35. The van der Waals surface area contributed by atoms with Crippen molar-refractivity contribution in [2.75, 3.05) is 25.0 Å². The zero-order valence-corrected chi connectivity index (χ0v) is 14.6. The molecule has 8 heteroatoms. The Morgan fingerprint density at radius 1 is 1.24 bits per heavy atom. The number of nitrogens with one attached hydrogen (secondary N) is 2. The van der Waals surface area contributed by atoms with E-state index in [9.17, 15) is 0 Å². The van der Waals surface area contributed by atoms with E-state index < -0.39 is 0 Å². The molecule has 8 nitrogen and oxygen atoms in total. The largest absolute Gasteiger partial charge is 0.444 e. The standard InChI is InChI=1S/C17H23N7O/c1-11-12(2)25-14(23-11)8-24-5-3-13(4-6-24)7-18-16-15-17(20-9-19-15)22-10-21-16/h9-10,13H,3-8H2,1-2H3,(H2,18,19,20,21,22). The molecule has 0 radical (unpaired) electrons. The Kier molecular flexibility index (Phi) is 4.35. The molecule has 3 aromatic rings. The van der Waals surface area contributed by atoms with Crippen LogP contribution >= 0.6 is 0 Å². The van der Waals surface area contributed by atoms with Gasteiger partial charge in [0.2, 0.25) is 5.89 Å². The maximum absolute atomic E-state index is 5.69. The Morgan fingerprint density at radius 2 is 2.08 bits per heavy atom. The summed E-state index contributed by atoms with van der Waals surface area (Å²) >= 11 is 0. The number of rotatable bonds is 5. The Bertz CT molecular complexity index is 828. The van der Waals surface area contributed by atoms with Crippen LogP contribution in [0.1, 0.15) is 30.2 Å². The van der Waals surface area contributed by atoms with E-state index in [1.54, 1.807) is 12.7 Å². The van der Waals surface area contributed by atoms with Crippen LogP contribution in [0.5, 0.6) is 0 Å². The van der Waals surface area contributed by atoms with E-state index >= 15 is 0 Å². The molecule has 4 rings (SSSR count). The number of aromatic nitrogens is 5. The second-order valence-corrected chi connectivity index (χ2v) is 6.67. The van der Waals surface area contributed by atoms with Crippen LogP contribution in [-0.4, -0.2) is 49.5 Å². The molecule has 0 amide bonds. The van der Waals surface area contributed by atoms with Crippen molar-refractivity contribution in [3.63, 3.8) is 0 Å². The number of oxazole rings is 1. The first-order chi connectivity index (χ1) is 12.2. The summed E-state index contributed by atoms with van der Waals surface area (Å²) in [7, 11) is 0. The lowest BCUT2D eigenvalue weighted by molar-refractivity contribution is 0.167. The predicted octanol–water partition coefficient (Wildman–Crippen LogP) is 2.28. The summed E-state index contributed by atoms with van der Waals surface area (Å²) in [6, 6.07) is 0. The van der Waals surface area contributed by atoms with E-state index in [2.05, 4.69) is 35.1 Å². The number of imidazole rings is 1. The molecular formula is C17H23N7O. The molecule has 1 fully saturated rings. The fourth-order valence-corrected chi connectivity index (χ4v) is 3.29. The first-order valence-corrected chi connectivity index (χ1v) is 8.72. The van der Waals surface area contributed by atoms with Crippen LogP contribution < -0.4 is 5.32 Å². The van der Waals surface area contributed by atoms with Gasteiger partial charge in [-0.2, -0.15) is 0 Å². The number of aryl methyl sites for hydroxylation is 2. The van der Waals surface area contributed by atoms with Gasteiger partial charge in [-0.3, -0.25) is 4.90 Å². The zero-order valence-electron chi connectivity index (χ0n) is 14.6. The highest BCUT2D eigenvalue weighted by atomic mass is 16.4. The molecule has 0 saturated carbocycles. The second kappa shape index (κ2) is 6.79. The van der Waals surface area contributed by atoms with Crippen LogP contribution in [0, 0.1) is 19.8 Å². The smallest absolute Gasteiger partial charge is 0.208 e. The minimum Gasteiger partial charge on any atom is -0.444 e. The molecule has 0 aromatic carbocycles. The fraction of sp³-hybridized carbons (Fsp3) is 0.529. The summed E-state index contributed by atoms with van der Waals surface area (Å²) in [5, 5.41) is 3.45. The van der Waals surface area contributed by atoms with Crippen molar-refractivity contribution in [3.05, 3.63) is 30.0 Å². The van der Waals surface area contributed by atoms with Crippen molar-refractivity contribution >= 4 is 17.0 Å². The van der Waals surface area contributed by atoms with E-state index in [1.807, 2.05) is 13.8 Å². The Hall–Kier alpha value is -2.48. The maximum Gasteiger partial charge on any atom is 0.208 e. The molecule has 0 bridgehead atoms. The van der Waals surface area contributed by atoms with Gasteiger partial charge >= 0.3 is 0 Å². The second-order valence-electron chi connectivity index (χ2n) is 6.67. The average Bonchev–Trinajstić information content (AvgIpc) is 3.21. The van der Waals surface area contributed by atoms with Crippen LogP contribution in [0.2, 0.25) is 0 Å². The third-order valence-corrected chi connectivity index (χ3v) is 4.92. The van der Waals surface area contributed by atoms with Crippen molar-refractivity contribution in [3.8, 4) is 0 Å². The van der Waals surface area contributed by atoms with Gasteiger partial charge in [0.15, 0.2) is 11.5 Å². The molecule has 1 saturated heterocycles. The fourth-order valence-electron chi connectivity index (χ4n) is 3.29. The van der Waals surface area contributed by atoms with Gasteiger partial charge in [-0.25, -0.2) is 19.9 Å². The average molecular weight is 341 g/mol. The zero-order chi connectivity index (χ0) is 17.2. The molecular weight excluding hydrogens is 318 g/mol. The van der Waals surface area contributed by atoms with Crippen molar-refractivity contribution in [2.24, 2.45) is 5.92 Å². The molecule has 3 aromatic heterocycles. The first kappa shape index (κ1) is 16.0. The number of aromatic amines is 1. The minimum atomic E-state index is 0.636. The number of hydrogen-bond donors (Lipinski definition) is 2. The molecule has 25 heavy (non-hydrogen) atoms. The molecule has 2 N–H and O–H groups in total. The lowest BCUT2D eigenvalue weighted by Gasteiger charge is -2.31. The normalized spacial score (nSPS) is 16.6. The van der Waals surface area contributed by atoms with E-state index in [0.717, 1.165) is 67.7 Å². The monoisotopic (exact) mass is 341 g/mol. The van der Waals surface area contributed by atoms with E-state index in [-0.39, 0.29) is 0 Å². The molecule has 0 aliphatic carbocycles. The van der Waals surface area contributed by atoms with Crippen LogP contribution in [0.4, 0.5) is 5.82 Å². The van der Waals surface area contributed by atoms with Gasteiger partial charge in [-0.15, -0.1) is 0 Å². The number of fused-ring (bicyclic) bond motifs is 1. The summed E-state index contributed by atoms with van der Waals surface area (Å²) in [5.74, 6) is 3.21. The third kappa shape index (κ3) is 3.48. The topological polar surface area (TPSA) is 95.8 Å². The molecule has 132 valence electrons. The maximum atomic E-state index is 5.69. The van der Waals surface area contributed by atoms with Crippen molar-refractivity contribution in [1.29, 1.82) is 0 Å². The molecule has 1 aliphatic rings. The van der Waals surface area contributed by atoms with Crippen LogP contribution in [0.25, 0.3) is 11.2 Å². The number of anilines is 1. The van der Waals surface area contributed by atoms with E-state index in [0.29, 0.717) is 11.6 Å². The summed E-state index contributed by atoms with van der Waals surface area (Å²) in [4.78, 5) is 22.6. The highest BCUT2D eigenvalue weighted by molar-refractivity contribution is 5.81. The summed E-state index contributed by atoms with van der Waals surface area (Å²) < 4.78 is 5.69. The highest BCUT2D eigenvalue weighted by Crippen LogP contribution is 2.21. The SMILES string of the molecule is Cc1nc(CN2CCC(CNc3ncnc4nc[nH]c34)CC2)oc1C. The summed E-state index contributed by atoms with van der Waals surface area (Å²) in [6.07, 6.45) is 5.51. The number of likely N-dealkylation sites (tertiary alicyclic amines) is 1. The number of H-pyrrole nitrogens is 1. The number of hydrogen-bond acceptors (Lipinski definition) is 7. The van der Waals surface area contributed by atoms with Gasteiger partial charge in [0.1, 0.15) is 17.6 Å². The first-order valence-electron chi connectivity index (χ1n) is 8.72. The van der Waals surface area contributed by atoms with Gasteiger partial charge in [-0.1, -0.05) is 0 Å². The molecule has 0 atom stereocenters. The lowest BCUT2D eigenvalue weighted by atomic mass is 9.97. The number of nitrogens with zero attached hydrogens (tertiary/aromatic N) is 5. The van der Waals surface area contributed by atoms with Gasteiger partial charge in [0.25, 0.3) is 0 Å². The van der Waals surface area contributed by atoms with Crippen LogP contribution in [0.15, 0.2) is 17.1 Å². The van der Waals surface area contributed by atoms with Crippen molar-refractivity contribution in [2.45, 2.75) is 33.2 Å². The van der Waals surface area contributed by atoms with Gasteiger partial charge < -0.3 is 14.7 Å². The Balaban J connectivity index is 1.28. The molecule has 1 aliphatic heterocycles. The van der Waals surface area contributed by atoms with Crippen molar-refractivity contribution < 1.29 is 4.42 Å². The van der Waals surface area contributed by atoms with E-state index in [4.69, 9.17) is 4.42 Å². The van der Waals surface area contributed by atoms with Crippen molar-refractivity contribution in [1.82, 2.24) is 29.8 Å². The Labute approximate surface area is 146 Å². The molecule has 0 unspecified atom stereocenters. The predicted molar refractivity (Wildman–Crippen MR) is 94.2 cm³/mol. The van der Waals surface area contributed by atoms with Gasteiger partial charge in [0.05, 0.1) is 18.6 Å². The minimum absolute atomic E-state index is 0.636. The van der Waals surface area contributed by atoms with Gasteiger partial charge in [0, 0.05) is 6.54 Å².